The van der Waals surface area contributed by atoms with Gasteiger partial charge in [0.25, 0.3) is 0 Å². The first kappa shape index (κ1) is 38.9. The van der Waals surface area contributed by atoms with Crippen LogP contribution in [0.2, 0.25) is 0 Å². The SMILES string of the molecule is CC(C)c1ccc2c(c1)oc1c3c(cc(Br)c12)C(=O)C(=O)c1ccc2oc4c(N(c5ccc6c(c5)-c5ccccc5C6(C)C)c5cccc6c(-c7ccccc7)cccc56)cccc4c2c1-3. The highest BCUT2D eigenvalue weighted by molar-refractivity contribution is 9.10. The highest BCUT2D eigenvalue weighted by Gasteiger charge is 2.38. The Hall–Kier alpha value is -7.54. The number of hydrogen-bond donors (Lipinski definition) is 0. The summed E-state index contributed by atoms with van der Waals surface area (Å²) >= 11 is 3.78. The van der Waals surface area contributed by atoms with Crippen LogP contribution >= 0.6 is 15.9 Å². The molecule has 0 unspecified atom stereocenters. The molecule has 0 spiro atoms. The minimum Gasteiger partial charge on any atom is -0.455 e. The fourth-order valence-electron chi connectivity index (χ4n) is 11.1. The summed E-state index contributed by atoms with van der Waals surface area (Å²) in [4.78, 5) is 30.6. The maximum atomic E-state index is 14.2. The van der Waals surface area contributed by atoms with Crippen molar-refractivity contribution in [3.05, 3.63) is 196 Å². The topological polar surface area (TPSA) is 63.7 Å². The Bertz CT molecular complexity index is 3950. The van der Waals surface area contributed by atoms with Crippen molar-refractivity contribution in [1.29, 1.82) is 0 Å². The summed E-state index contributed by atoms with van der Waals surface area (Å²) in [5.74, 6) is -0.818. The van der Waals surface area contributed by atoms with Crippen LogP contribution in [0.3, 0.4) is 0 Å². The number of carbonyl (C=O) groups excluding carboxylic acids is 2. The molecule has 0 saturated carbocycles. The lowest BCUT2D eigenvalue weighted by atomic mass is 9.81. The van der Waals surface area contributed by atoms with Crippen molar-refractivity contribution in [2.45, 2.75) is 39.0 Å². The molecule has 2 heterocycles. The molecule has 0 bridgehead atoms. The van der Waals surface area contributed by atoms with E-state index in [0.717, 1.165) is 71.7 Å². The number of halogens is 1. The van der Waals surface area contributed by atoms with Gasteiger partial charge < -0.3 is 13.7 Å². The number of rotatable bonds is 5. The van der Waals surface area contributed by atoms with E-state index >= 15 is 0 Å². The fraction of sp³-hybridized carbons (Fsp3) is 0.100. The van der Waals surface area contributed by atoms with E-state index in [1.165, 1.54) is 22.3 Å². The van der Waals surface area contributed by atoms with Crippen LogP contribution in [0.4, 0.5) is 17.1 Å². The Balaban J connectivity index is 1.11. The summed E-state index contributed by atoms with van der Waals surface area (Å²) in [6, 6.07) is 57.1. The summed E-state index contributed by atoms with van der Waals surface area (Å²) in [7, 11) is 0. The van der Waals surface area contributed by atoms with E-state index in [4.69, 9.17) is 8.83 Å². The van der Waals surface area contributed by atoms with Gasteiger partial charge in [-0.3, -0.25) is 9.59 Å². The second-order valence-corrected chi connectivity index (χ2v) is 19.4. The second kappa shape index (κ2) is 14.0. The maximum absolute atomic E-state index is 14.2. The molecule has 5 nitrogen and oxygen atoms in total. The fourth-order valence-corrected chi connectivity index (χ4v) is 11.7. The molecule has 316 valence electrons. The van der Waals surface area contributed by atoms with Crippen LogP contribution in [0.25, 0.3) is 88.0 Å². The van der Waals surface area contributed by atoms with Gasteiger partial charge in [-0.15, -0.1) is 0 Å². The molecule has 13 rings (SSSR count). The van der Waals surface area contributed by atoms with Gasteiger partial charge in [0.2, 0.25) is 11.6 Å². The monoisotopic (exact) mass is 917 g/mol. The Kier molecular flexibility index (Phi) is 8.24. The third kappa shape index (κ3) is 5.33. The highest BCUT2D eigenvalue weighted by Crippen LogP contribution is 2.54. The summed E-state index contributed by atoms with van der Waals surface area (Å²) in [6.07, 6.45) is 0. The van der Waals surface area contributed by atoms with E-state index in [-0.39, 0.29) is 5.41 Å². The van der Waals surface area contributed by atoms with Gasteiger partial charge in [-0.2, -0.15) is 0 Å². The van der Waals surface area contributed by atoms with Crippen LogP contribution in [0.15, 0.2) is 177 Å². The minimum atomic E-state index is -0.561. The Morgan fingerprint density at radius 1 is 0.500 bits per heavy atom. The van der Waals surface area contributed by atoms with Crippen LogP contribution < -0.4 is 4.90 Å². The van der Waals surface area contributed by atoms with Gasteiger partial charge >= 0.3 is 0 Å². The van der Waals surface area contributed by atoms with Crippen molar-refractivity contribution < 1.29 is 18.4 Å². The third-order valence-corrected chi connectivity index (χ3v) is 14.9. The van der Waals surface area contributed by atoms with Gasteiger partial charge in [0, 0.05) is 64.8 Å². The van der Waals surface area contributed by atoms with Crippen molar-refractivity contribution >= 4 is 99.2 Å². The molecule has 11 aromatic rings. The average molecular weight is 919 g/mol. The van der Waals surface area contributed by atoms with Gasteiger partial charge in [0.05, 0.1) is 11.4 Å². The van der Waals surface area contributed by atoms with E-state index in [1.54, 1.807) is 12.1 Å². The van der Waals surface area contributed by atoms with E-state index < -0.39 is 11.6 Å². The number of Topliss-reactive ketones (excluding diaryl/α,β-unsaturated/α-hetero) is 2. The van der Waals surface area contributed by atoms with E-state index in [9.17, 15) is 9.59 Å². The van der Waals surface area contributed by atoms with Crippen LogP contribution in [0, 0.1) is 0 Å². The summed E-state index contributed by atoms with van der Waals surface area (Å²) in [5, 5.41) is 5.59. The zero-order valence-corrected chi connectivity index (χ0v) is 38.2. The third-order valence-electron chi connectivity index (χ3n) is 14.3. The molecule has 66 heavy (non-hydrogen) atoms. The number of furan rings is 2. The van der Waals surface area contributed by atoms with Crippen LogP contribution in [0.1, 0.15) is 71.0 Å². The Labute approximate surface area is 389 Å². The molecular formula is C60H40BrNO4. The molecular weight excluding hydrogens is 879 g/mol. The summed E-state index contributed by atoms with van der Waals surface area (Å²) in [5.41, 5.74) is 15.6. The number of para-hydroxylation sites is 1. The number of nitrogens with zero attached hydrogens (tertiary/aromatic N) is 1. The molecule has 0 fully saturated rings. The zero-order valence-electron chi connectivity index (χ0n) is 36.6. The highest BCUT2D eigenvalue weighted by atomic mass is 79.9. The molecule has 0 N–H and O–H groups in total. The normalized spacial score (nSPS) is 13.8. The van der Waals surface area contributed by atoms with Crippen molar-refractivity contribution in [2.75, 3.05) is 4.90 Å². The van der Waals surface area contributed by atoms with E-state index in [1.807, 2.05) is 12.1 Å². The maximum Gasteiger partial charge on any atom is 0.234 e. The van der Waals surface area contributed by atoms with Gasteiger partial charge in [-0.1, -0.05) is 143 Å². The molecule has 0 aliphatic heterocycles. The van der Waals surface area contributed by atoms with Gasteiger partial charge in [0.1, 0.15) is 16.7 Å². The standard InChI is InChI=1S/C60H40BrNO4/c1-32(2)34-23-25-40-51(29-34)66-59-52(40)47(61)31-44-55(59)54-41(56(63)57(44)64)26-28-50-53(54)42-19-12-22-49(58(42)65-50)62(35-24-27-46-43(30-35)38-15-8-9-20-45(38)60(46,3)4)48-21-11-17-37-36(16-10-18-39(37)48)33-13-6-5-7-14-33/h5-32H,1-4H3. The predicted octanol–water partition coefficient (Wildman–Crippen LogP) is 17.0. The minimum absolute atomic E-state index is 0.163. The first-order chi connectivity index (χ1) is 32.1. The lowest BCUT2D eigenvalue weighted by Crippen LogP contribution is -2.21. The molecule has 0 radical (unpaired) electrons. The first-order valence-electron chi connectivity index (χ1n) is 22.5. The predicted molar refractivity (Wildman–Crippen MR) is 272 cm³/mol. The quantitative estimate of drug-likeness (QED) is 0.161. The lowest BCUT2D eigenvalue weighted by molar-refractivity contribution is 0.0815. The van der Waals surface area contributed by atoms with Crippen LogP contribution in [0.5, 0.6) is 0 Å². The van der Waals surface area contributed by atoms with E-state index in [0.29, 0.717) is 49.4 Å². The van der Waals surface area contributed by atoms with Crippen molar-refractivity contribution in [3.8, 4) is 33.4 Å². The van der Waals surface area contributed by atoms with Crippen molar-refractivity contribution in [1.82, 2.24) is 0 Å². The van der Waals surface area contributed by atoms with Crippen molar-refractivity contribution in [3.63, 3.8) is 0 Å². The lowest BCUT2D eigenvalue weighted by Gasteiger charge is -2.28. The molecule has 0 amide bonds. The van der Waals surface area contributed by atoms with Gasteiger partial charge in [0.15, 0.2) is 5.58 Å². The number of carbonyl (C=O) groups is 2. The average Bonchev–Trinajstić information content (AvgIpc) is 3.99. The largest absolute Gasteiger partial charge is 0.455 e. The van der Waals surface area contributed by atoms with Gasteiger partial charge in [-0.05, 0) is 115 Å². The van der Waals surface area contributed by atoms with Crippen LogP contribution in [-0.4, -0.2) is 11.6 Å². The van der Waals surface area contributed by atoms with Crippen LogP contribution in [-0.2, 0) is 5.41 Å². The van der Waals surface area contributed by atoms with Crippen molar-refractivity contribution in [2.24, 2.45) is 0 Å². The Morgan fingerprint density at radius 3 is 2.03 bits per heavy atom. The number of ketones is 2. The smallest absolute Gasteiger partial charge is 0.234 e. The molecule has 6 heteroatoms. The zero-order chi connectivity index (χ0) is 44.7. The number of anilines is 3. The number of fused-ring (bicyclic) bond motifs is 15. The Morgan fingerprint density at radius 2 is 1.20 bits per heavy atom. The molecule has 0 saturated heterocycles. The molecule has 2 aromatic heterocycles. The molecule has 2 aliphatic carbocycles. The number of benzene rings is 9. The molecule has 9 aromatic carbocycles. The second-order valence-electron chi connectivity index (χ2n) is 18.6. The molecule has 2 aliphatic rings. The molecule has 0 atom stereocenters. The van der Waals surface area contributed by atoms with Gasteiger partial charge in [-0.25, -0.2) is 0 Å². The first-order valence-corrected chi connectivity index (χ1v) is 23.3. The van der Waals surface area contributed by atoms with E-state index in [2.05, 4.69) is 188 Å². The summed E-state index contributed by atoms with van der Waals surface area (Å²) in [6.45, 7) is 8.92. The summed E-state index contributed by atoms with van der Waals surface area (Å²) < 4.78 is 14.6. The number of hydrogen-bond acceptors (Lipinski definition) is 5.